The van der Waals surface area contributed by atoms with Gasteiger partial charge in [0.1, 0.15) is 5.82 Å². The Balaban J connectivity index is 0.000000257. The zero-order chi connectivity index (χ0) is 27.1. The molecule has 0 aliphatic carbocycles. The molecule has 10 nitrogen and oxygen atoms in total. The van der Waals surface area contributed by atoms with Crippen molar-refractivity contribution in [1.29, 1.82) is 0 Å². The topological polar surface area (TPSA) is 136 Å². The van der Waals surface area contributed by atoms with E-state index >= 15 is 0 Å². The van der Waals surface area contributed by atoms with Crippen LogP contribution in [0, 0.1) is 12.7 Å². The number of aryl methyl sites for hydroxylation is 1. The Kier molecular flexibility index (Phi) is 8.44. The predicted molar refractivity (Wildman–Crippen MR) is 134 cm³/mol. The van der Waals surface area contributed by atoms with Gasteiger partial charge in [-0.1, -0.05) is 35.0 Å². The van der Waals surface area contributed by atoms with Crippen LogP contribution in [0.2, 0.25) is 0 Å². The number of aromatic nitrogens is 3. The fraction of sp³-hybridized carbons (Fsp3) is 0.231. The smallest absolute Gasteiger partial charge is 0.409 e. The van der Waals surface area contributed by atoms with E-state index in [1.807, 2.05) is 6.92 Å². The molecule has 1 amide bonds. The molecule has 0 spiro atoms. The number of benzene rings is 2. The molecule has 1 aliphatic rings. The van der Waals surface area contributed by atoms with Gasteiger partial charge in [-0.05, 0) is 56.2 Å². The molecule has 2 aromatic heterocycles. The first-order valence-corrected chi connectivity index (χ1v) is 13.1. The number of carbonyl (C=O) groups excluding carboxylic acids is 1. The maximum absolute atomic E-state index is 13.9. The number of halogens is 1. The molecule has 198 valence electrons. The van der Waals surface area contributed by atoms with Gasteiger partial charge in [0.25, 0.3) is 10.1 Å². The number of carbonyl (C=O) groups is 1. The number of hydrogen-bond acceptors (Lipinski definition) is 8. The summed E-state index contributed by atoms with van der Waals surface area (Å²) in [6.45, 7) is 2.87. The lowest BCUT2D eigenvalue weighted by Gasteiger charge is -2.29. The summed E-state index contributed by atoms with van der Waals surface area (Å²) in [5, 5.41) is 3.89. The second-order valence-corrected chi connectivity index (χ2v) is 9.96. The summed E-state index contributed by atoms with van der Waals surface area (Å²) in [5.41, 5.74) is 1.27. The van der Waals surface area contributed by atoms with Crippen molar-refractivity contribution in [3.05, 3.63) is 90.3 Å². The number of nitrogens with zero attached hydrogens (tertiary/aromatic N) is 4. The fourth-order valence-electron chi connectivity index (χ4n) is 3.75. The van der Waals surface area contributed by atoms with Crippen LogP contribution in [0.3, 0.4) is 0 Å². The van der Waals surface area contributed by atoms with Crippen LogP contribution in [-0.2, 0) is 10.1 Å². The van der Waals surface area contributed by atoms with E-state index in [4.69, 9.17) is 13.8 Å². The van der Waals surface area contributed by atoms with Crippen molar-refractivity contribution < 1.29 is 31.4 Å². The summed E-state index contributed by atoms with van der Waals surface area (Å²) in [5.74, 6) is 0.754. The van der Waals surface area contributed by atoms with Crippen LogP contribution in [0.4, 0.5) is 9.18 Å². The van der Waals surface area contributed by atoms with Crippen molar-refractivity contribution in [2.45, 2.75) is 30.6 Å². The highest BCUT2D eigenvalue weighted by Gasteiger charge is 2.29. The second kappa shape index (κ2) is 11.9. The first-order valence-electron chi connectivity index (χ1n) is 11.7. The third kappa shape index (κ3) is 6.99. The molecule has 1 N–H and O–H groups in total. The minimum Gasteiger partial charge on any atom is -0.409 e. The molecule has 1 aliphatic heterocycles. The third-order valence-electron chi connectivity index (χ3n) is 5.82. The Hall–Kier alpha value is -4.16. The first-order chi connectivity index (χ1) is 18.2. The molecule has 1 saturated heterocycles. The summed E-state index contributed by atoms with van der Waals surface area (Å²) < 4.78 is 54.0. The van der Waals surface area contributed by atoms with Crippen molar-refractivity contribution >= 4 is 16.2 Å². The average Bonchev–Trinajstić information content (AvgIpc) is 3.40. The molecule has 0 unspecified atom stereocenters. The molecule has 38 heavy (non-hydrogen) atoms. The second-order valence-electron chi connectivity index (χ2n) is 8.54. The van der Waals surface area contributed by atoms with Crippen LogP contribution >= 0.6 is 0 Å². The molecular weight excluding hydrogens is 515 g/mol. The van der Waals surface area contributed by atoms with Crippen molar-refractivity contribution in [1.82, 2.24) is 20.0 Å². The normalized spacial score (nSPS) is 13.9. The Morgan fingerprint density at radius 2 is 1.79 bits per heavy atom. The standard InChI is InChI=1S/C19H17FN4O3.C7H8O3S/c20-16-6-2-1-5-15(16)17-22-18(27-23-17)13-7-10-24(11-8-13)19(25)26-14-4-3-9-21-12-14;1-6-2-4-7(5-3-6)11(8,9)10/h1-6,9,12-13H,7-8,10-11H2;2-5H,1H3,(H,8,9,10). The van der Waals surface area contributed by atoms with E-state index in [9.17, 15) is 17.6 Å². The number of amides is 1. The molecule has 3 heterocycles. The number of ether oxygens (including phenoxy) is 1. The molecule has 0 bridgehead atoms. The van der Waals surface area contributed by atoms with E-state index in [2.05, 4.69) is 15.1 Å². The Labute approximate surface area is 218 Å². The zero-order valence-corrected chi connectivity index (χ0v) is 21.2. The molecule has 0 saturated carbocycles. The van der Waals surface area contributed by atoms with Crippen molar-refractivity contribution in [3.8, 4) is 17.1 Å². The fourth-order valence-corrected chi connectivity index (χ4v) is 4.23. The zero-order valence-electron chi connectivity index (χ0n) is 20.4. The maximum Gasteiger partial charge on any atom is 0.415 e. The highest BCUT2D eigenvalue weighted by molar-refractivity contribution is 7.85. The minimum absolute atomic E-state index is 0.0282. The van der Waals surface area contributed by atoms with Crippen molar-refractivity contribution in [2.75, 3.05) is 13.1 Å². The van der Waals surface area contributed by atoms with E-state index in [-0.39, 0.29) is 16.6 Å². The Morgan fingerprint density at radius 1 is 1.08 bits per heavy atom. The van der Waals surface area contributed by atoms with Gasteiger partial charge in [0.2, 0.25) is 11.7 Å². The lowest BCUT2D eigenvalue weighted by Crippen LogP contribution is -2.39. The van der Waals surface area contributed by atoms with Crippen LogP contribution in [0.25, 0.3) is 11.4 Å². The SMILES string of the molecule is Cc1ccc(S(=O)(=O)O)cc1.O=C(Oc1cccnc1)N1CCC(c2nc(-c3ccccc3F)no2)CC1. The monoisotopic (exact) mass is 540 g/mol. The van der Waals surface area contributed by atoms with Gasteiger partial charge in [-0.25, -0.2) is 9.18 Å². The van der Waals surface area contributed by atoms with Crippen LogP contribution in [0.1, 0.15) is 30.2 Å². The van der Waals surface area contributed by atoms with Gasteiger partial charge in [-0.15, -0.1) is 0 Å². The Bertz CT molecular complexity index is 1470. The Morgan fingerprint density at radius 3 is 2.42 bits per heavy atom. The predicted octanol–water partition coefficient (Wildman–Crippen LogP) is 4.89. The van der Waals surface area contributed by atoms with Crippen LogP contribution in [0.15, 0.2) is 82.5 Å². The summed E-state index contributed by atoms with van der Waals surface area (Å²) in [6.07, 6.45) is 4.04. The largest absolute Gasteiger partial charge is 0.415 e. The highest BCUT2D eigenvalue weighted by Crippen LogP contribution is 2.29. The number of rotatable bonds is 4. The lowest BCUT2D eigenvalue weighted by molar-refractivity contribution is 0.135. The quantitative estimate of drug-likeness (QED) is 0.359. The first kappa shape index (κ1) is 26.9. The van der Waals surface area contributed by atoms with E-state index < -0.39 is 22.0 Å². The van der Waals surface area contributed by atoms with Gasteiger partial charge in [0.05, 0.1) is 16.7 Å². The van der Waals surface area contributed by atoms with E-state index in [0.717, 1.165) is 5.56 Å². The minimum atomic E-state index is -4.02. The molecule has 0 radical (unpaired) electrons. The van der Waals surface area contributed by atoms with Gasteiger partial charge in [-0.2, -0.15) is 13.4 Å². The van der Waals surface area contributed by atoms with Gasteiger partial charge < -0.3 is 14.2 Å². The average molecular weight is 541 g/mol. The van der Waals surface area contributed by atoms with Crippen LogP contribution in [-0.4, -0.2) is 52.2 Å². The summed E-state index contributed by atoms with van der Waals surface area (Å²) in [6, 6.07) is 15.7. The lowest BCUT2D eigenvalue weighted by atomic mass is 9.97. The molecule has 1 fully saturated rings. The molecule has 5 rings (SSSR count). The number of piperidine rings is 1. The van der Waals surface area contributed by atoms with Gasteiger partial charge >= 0.3 is 6.09 Å². The maximum atomic E-state index is 13.9. The molecule has 12 heteroatoms. The summed E-state index contributed by atoms with van der Waals surface area (Å²) >= 11 is 0. The van der Waals surface area contributed by atoms with Gasteiger partial charge in [0, 0.05) is 25.2 Å². The van der Waals surface area contributed by atoms with Crippen molar-refractivity contribution in [3.63, 3.8) is 0 Å². The van der Waals surface area contributed by atoms with Crippen LogP contribution < -0.4 is 4.74 Å². The molecule has 2 aromatic carbocycles. The van der Waals surface area contributed by atoms with E-state index in [1.54, 1.807) is 53.6 Å². The summed E-state index contributed by atoms with van der Waals surface area (Å²) in [4.78, 5) is 22.1. The van der Waals surface area contributed by atoms with Crippen LogP contribution in [0.5, 0.6) is 5.75 Å². The third-order valence-corrected chi connectivity index (χ3v) is 6.69. The number of likely N-dealkylation sites (tertiary alicyclic amines) is 1. The van der Waals surface area contributed by atoms with E-state index in [0.29, 0.717) is 43.1 Å². The molecule has 4 aromatic rings. The molecular formula is C26H25FN4O6S. The number of pyridine rings is 1. The van der Waals surface area contributed by atoms with Crippen molar-refractivity contribution in [2.24, 2.45) is 0 Å². The highest BCUT2D eigenvalue weighted by atomic mass is 32.2. The van der Waals surface area contributed by atoms with E-state index in [1.165, 1.54) is 24.4 Å². The van der Waals surface area contributed by atoms with Gasteiger partial charge in [0.15, 0.2) is 5.75 Å². The molecule has 0 atom stereocenters. The van der Waals surface area contributed by atoms with Gasteiger partial charge in [-0.3, -0.25) is 9.54 Å². The summed E-state index contributed by atoms with van der Waals surface area (Å²) in [7, 11) is -4.02. The number of hydrogen-bond donors (Lipinski definition) is 1.